The van der Waals surface area contributed by atoms with Crippen LogP contribution in [0.1, 0.15) is 80.8 Å². The first-order valence-corrected chi connectivity index (χ1v) is 21.5. The van der Waals surface area contributed by atoms with Crippen molar-refractivity contribution in [3.05, 3.63) is 76.5 Å². The molecule has 322 valence electrons. The van der Waals surface area contributed by atoms with Gasteiger partial charge >= 0.3 is 11.9 Å². The second-order valence-corrected chi connectivity index (χ2v) is 18.3. The molecule has 60 heavy (non-hydrogen) atoms. The number of para-hydroxylation sites is 1. The van der Waals surface area contributed by atoms with Gasteiger partial charge in [0, 0.05) is 66.6 Å². The third kappa shape index (κ3) is 5.50. The minimum Gasteiger partial charge on any atom is -0.467 e. The summed E-state index contributed by atoms with van der Waals surface area (Å²) in [7, 11) is 2.71. The molecule has 5 unspecified atom stereocenters. The minimum absolute atomic E-state index is 0.0284. The van der Waals surface area contributed by atoms with E-state index >= 15 is 0 Å². The third-order valence-electron chi connectivity index (χ3n) is 15.6. The van der Waals surface area contributed by atoms with Crippen LogP contribution in [0.4, 0.5) is 5.69 Å². The average Bonchev–Trinajstić information content (AvgIpc) is 3.92. The Labute approximate surface area is 350 Å². The zero-order valence-corrected chi connectivity index (χ0v) is 35.2. The molecule has 0 amide bonds. The van der Waals surface area contributed by atoms with E-state index in [1.54, 1.807) is 5.06 Å². The fourth-order valence-electron chi connectivity index (χ4n) is 13.5. The molecule has 3 aromatic rings. The monoisotopic (exact) mass is 826 g/mol. The van der Waals surface area contributed by atoms with Gasteiger partial charge in [0.2, 0.25) is 5.60 Å². The van der Waals surface area contributed by atoms with Crippen LogP contribution in [0.5, 0.6) is 0 Å². The summed E-state index contributed by atoms with van der Waals surface area (Å²) in [6, 6.07) is 10.7. The number of anilines is 1. The van der Waals surface area contributed by atoms with Gasteiger partial charge in [0.1, 0.15) is 12.6 Å². The number of aliphatic hydroxyl groups is 3. The van der Waals surface area contributed by atoms with Crippen LogP contribution in [0, 0.1) is 11.3 Å². The van der Waals surface area contributed by atoms with E-state index in [2.05, 4.69) is 33.0 Å². The maximum atomic E-state index is 14.4. The Balaban J connectivity index is 1.36. The van der Waals surface area contributed by atoms with Crippen molar-refractivity contribution in [3.63, 3.8) is 0 Å². The molecule has 0 radical (unpaired) electrons. The first kappa shape index (κ1) is 41.1. The minimum atomic E-state index is -2.42. The van der Waals surface area contributed by atoms with Crippen LogP contribution in [0.25, 0.3) is 10.9 Å². The number of hydrogen-bond donors (Lipinski definition) is 4. The predicted molar refractivity (Wildman–Crippen MR) is 221 cm³/mol. The van der Waals surface area contributed by atoms with Gasteiger partial charge in [0.05, 0.1) is 37.5 Å². The number of methoxy groups -OCH3 is 1. The van der Waals surface area contributed by atoms with Gasteiger partial charge in [-0.3, -0.25) is 24.2 Å². The lowest BCUT2D eigenvalue weighted by Crippen LogP contribution is -2.81. The number of aromatic amines is 1. The van der Waals surface area contributed by atoms with Gasteiger partial charge in [-0.25, -0.2) is 9.86 Å². The molecule has 1 aromatic heterocycles. The number of hydrogen-bond acceptors (Lipinski definition) is 13. The zero-order chi connectivity index (χ0) is 42.4. The summed E-state index contributed by atoms with van der Waals surface area (Å²) >= 11 is 0. The van der Waals surface area contributed by atoms with E-state index in [1.165, 1.54) is 21.1 Å². The molecule has 4 N–H and O–H groups in total. The first-order valence-electron chi connectivity index (χ1n) is 21.5. The van der Waals surface area contributed by atoms with Gasteiger partial charge in [0.25, 0.3) is 6.47 Å². The molecule has 9 rings (SSSR count). The Bertz CT molecular complexity index is 2240. The second kappa shape index (κ2) is 14.7. The number of ether oxygens (including phenoxy) is 3. The molecule has 3 fully saturated rings. The number of nitrogens with zero attached hydrogens (tertiary/aromatic N) is 3. The van der Waals surface area contributed by atoms with Crippen LogP contribution in [0.3, 0.4) is 0 Å². The van der Waals surface area contributed by atoms with E-state index in [-0.39, 0.29) is 25.2 Å². The molecule has 6 aliphatic rings. The molecule has 6 heterocycles. The molecule has 2 saturated heterocycles. The van der Waals surface area contributed by atoms with Crippen molar-refractivity contribution in [1.29, 1.82) is 0 Å². The maximum Gasteiger partial charge on any atom is 0.344 e. The van der Waals surface area contributed by atoms with E-state index in [0.717, 1.165) is 46.4 Å². The van der Waals surface area contributed by atoms with Gasteiger partial charge in [-0.05, 0) is 85.4 Å². The Kier molecular flexibility index (Phi) is 10.0. The highest BCUT2D eigenvalue weighted by molar-refractivity contribution is 5.88. The van der Waals surface area contributed by atoms with Crippen molar-refractivity contribution in [2.75, 3.05) is 58.6 Å². The Hall–Kier alpha value is -4.31. The zero-order valence-electron chi connectivity index (χ0n) is 35.2. The van der Waals surface area contributed by atoms with Gasteiger partial charge in [-0.2, -0.15) is 0 Å². The second-order valence-electron chi connectivity index (χ2n) is 18.3. The van der Waals surface area contributed by atoms with Gasteiger partial charge in [0.15, 0.2) is 6.10 Å². The highest BCUT2D eigenvalue weighted by atomic mass is 16.7. The number of nitrogens with one attached hydrogen (secondary N) is 1. The number of aliphatic hydroxyl groups excluding tert-OH is 1. The Morgan fingerprint density at radius 2 is 1.83 bits per heavy atom. The molecule has 2 aromatic carbocycles. The molecule has 1 spiro atoms. The van der Waals surface area contributed by atoms with Crippen LogP contribution >= 0.6 is 0 Å². The normalized spacial score (nSPS) is 36.6. The molecular formula is C46H58N4O10. The number of carbonyl (C=O) groups is 3. The smallest absolute Gasteiger partial charge is 0.344 e. The molecule has 10 atom stereocenters. The number of piperidine rings is 1. The fraction of sp³-hybridized carbons (Fsp3) is 0.587. The molecule has 1 saturated carbocycles. The van der Waals surface area contributed by atoms with Crippen LogP contribution in [-0.2, 0) is 57.3 Å². The number of aromatic nitrogens is 1. The van der Waals surface area contributed by atoms with Crippen LogP contribution in [0.2, 0.25) is 0 Å². The van der Waals surface area contributed by atoms with Gasteiger partial charge in [-0.15, -0.1) is 0 Å². The molecule has 14 nitrogen and oxygen atoms in total. The predicted octanol–water partition coefficient (Wildman–Crippen LogP) is 3.41. The maximum absolute atomic E-state index is 14.4. The Morgan fingerprint density at radius 3 is 2.53 bits per heavy atom. The van der Waals surface area contributed by atoms with E-state index in [1.807, 2.05) is 44.2 Å². The molecule has 14 heteroatoms. The summed E-state index contributed by atoms with van der Waals surface area (Å²) in [6.45, 7) is 8.59. The number of H-pyrrole nitrogens is 1. The summed E-state index contributed by atoms with van der Waals surface area (Å²) in [5.41, 5.74) is -0.817. The van der Waals surface area contributed by atoms with E-state index in [4.69, 9.17) is 19.0 Å². The number of hydroxylamine groups is 1. The van der Waals surface area contributed by atoms with E-state index < -0.39 is 51.5 Å². The van der Waals surface area contributed by atoms with Crippen molar-refractivity contribution in [2.45, 2.75) is 106 Å². The quantitative estimate of drug-likeness (QED) is 0.102. The summed E-state index contributed by atoms with van der Waals surface area (Å²) in [4.78, 5) is 54.7. The highest BCUT2D eigenvalue weighted by Crippen LogP contribution is 2.68. The Morgan fingerprint density at radius 1 is 1.03 bits per heavy atom. The number of carbonyl (C=O) groups excluding carboxylic acids is 3. The van der Waals surface area contributed by atoms with Gasteiger partial charge < -0.3 is 34.5 Å². The van der Waals surface area contributed by atoms with Crippen molar-refractivity contribution in [2.24, 2.45) is 11.3 Å². The number of fused-ring (bicyclic) bond motifs is 6. The molecule has 2 bridgehead atoms. The van der Waals surface area contributed by atoms with Crippen molar-refractivity contribution >= 4 is 35.0 Å². The largest absolute Gasteiger partial charge is 0.467 e. The fourth-order valence-corrected chi connectivity index (χ4v) is 13.5. The van der Waals surface area contributed by atoms with Crippen LogP contribution < -0.4 is 5.06 Å². The van der Waals surface area contributed by atoms with Crippen molar-refractivity contribution in [1.82, 2.24) is 14.8 Å². The number of benzene rings is 2. The van der Waals surface area contributed by atoms with Crippen molar-refractivity contribution < 1.29 is 48.8 Å². The number of esters is 2. The summed E-state index contributed by atoms with van der Waals surface area (Å²) in [6.07, 6.45) is 5.94. The van der Waals surface area contributed by atoms with Crippen LogP contribution in [-0.4, -0.2) is 131 Å². The highest BCUT2D eigenvalue weighted by Gasteiger charge is 2.81. The topological polar surface area (TPSA) is 174 Å². The third-order valence-corrected chi connectivity index (χ3v) is 15.6. The molecule has 5 aliphatic heterocycles. The summed E-state index contributed by atoms with van der Waals surface area (Å²) in [5, 5.41) is 39.5. The lowest BCUT2D eigenvalue weighted by Gasteiger charge is -2.63. The van der Waals surface area contributed by atoms with E-state index in [0.29, 0.717) is 75.9 Å². The molecular weight excluding hydrogens is 769 g/mol. The number of rotatable bonds is 10. The van der Waals surface area contributed by atoms with Crippen LogP contribution in [0.15, 0.2) is 48.6 Å². The SMILES string of the molecule is CCC12C=CCN3CC[C@@]4(c5cc([C@@]6(COC=O)CC7CN(CCc8c6[nH]c6ccccc86)C[C@](O)(CC)C7)c(CO)cc5N(OC)[C@H]4[C@@](O)(C(=O)OC)C1OC(C)=O)C32. The lowest BCUT2D eigenvalue weighted by atomic mass is 9.47. The lowest BCUT2D eigenvalue weighted by molar-refractivity contribution is -0.234. The van der Waals surface area contributed by atoms with E-state index in [9.17, 15) is 29.7 Å². The van der Waals surface area contributed by atoms with Gasteiger partial charge in [-0.1, -0.05) is 50.3 Å². The first-order chi connectivity index (χ1) is 28.8. The average molecular weight is 827 g/mol. The summed E-state index contributed by atoms with van der Waals surface area (Å²) in [5.74, 6) is -1.61. The van der Waals surface area contributed by atoms with Crippen molar-refractivity contribution in [3.8, 4) is 0 Å². The standard InChI is InChI=1S/C46H58N4O10/c1-6-42(55)21-29-22-44(26-59-27-52,37-32(13-17-48(23-29)25-42)31-11-8-9-12-35(31)47-37)33-20-34-36(19-30(33)24-51)50(58-5)39-45(34)15-18-49-16-10-14-43(7-2,38(45)49)40(60-28(3)53)46(39,56)41(54)57-4/h8-12,14,19-20,27,29,38-40,47,51,55-56H,6-7,13,15-18,21-26H2,1-5H3/t29?,38?,39-,40?,42+,43?,44+,45-,46+/m1/s1. The molecule has 1 aliphatic carbocycles. The summed E-state index contributed by atoms with van der Waals surface area (Å²) < 4.78 is 17.5.